The Bertz CT molecular complexity index is 1450. The molecule has 1 saturated heterocycles. The summed E-state index contributed by atoms with van der Waals surface area (Å²) < 4.78 is 0. The van der Waals surface area contributed by atoms with Crippen LogP contribution in [-0.4, -0.2) is 62.3 Å². The normalized spacial score (nSPS) is 20.1. The Morgan fingerprint density at radius 2 is 1.88 bits per heavy atom. The van der Waals surface area contributed by atoms with Crippen molar-refractivity contribution in [3.63, 3.8) is 0 Å². The van der Waals surface area contributed by atoms with Crippen LogP contribution in [0, 0.1) is 19.8 Å². The van der Waals surface area contributed by atoms with Crippen LogP contribution in [0.25, 0.3) is 10.4 Å². The molecule has 8 nitrogen and oxygen atoms in total. The van der Waals surface area contributed by atoms with E-state index in [-0.39, 0.29) is 42.6 Å². The van der Waals surface area contributed by atoms with E-state index in [9.17, 15) is 19.5 Å². The van der Waals surface area contributed by atoms with E-state index in [1.54, 1.807) is 22.3 Å². The number of β-amino-alcohol motifs (C(OH)–C–C–N with tert-alkyl or cyclic N) is 1. The Kier molecular flexibility index (Phi) is 7.79. The zero-order valence-corrected chi connectivity index (χ0v) is 24.4. The number of carbonyl (C=O) groups excluding carboxylic acids is 3. The highest BCUT2D eigenvalue weighted by Crippen LogP contribution is 2.32. The van der Waals surface area contributed by atoms with Crippen molar-refractivity contribution in [1.82, 2.24) is 20.1 Å². The number of thiazole rings is 1. The summed E-state index contributed by atoms with van der Waals surface area (Å²) in [4.78, 5) is 49.3. The fourth-order valence-electron chi connectivity index (χ4n) is 6.02. The maximum absolute atomic E-state index is 14.0. The minimum atomic E-state index is -0.814. The third-order valence-corrected chi connectivity index (χ3v) is 9.01. The summed E-state index contributed by atoms with van der Waals surface area (Å²) in [6, 6.07) is 11.7. The quantitative estimate of drug-likeness (QED) is 0.450. The molecule has 9 heteroatoms. The number of rotatable bonds is 7. The third kappa shape index (κ3) is 5.15. The van der Waals surface area contributed by atoms with E-state index in [0.717, 1.165) is 32.8 Å². The zero-order chi connectivity index (χ0) is 28.7. The number of likely N-dealkylation sites (tertiary alicyclic amines) is 1. The van der Waals surface area contributed by atoms with Gasteiger partial charge >= 0.3 is 0 Å². The van der Waals surface area contributed by atoms with Gasteiger partial charge in [-0.3, -0.25) is 14.4 Å². The van der Waals surface area contributed by atoms with Crippen LogP contribution < -0.4 is 5.32 Å². The van der Waals surface area contributed by atoms with Gasteiger partial charge in [0.25, 0.3) is 5.91 Å². The second-order valence-corrected chi connectivity index (χ2v) is 12.1. The van der Waals surface area contributed by atoms with Crippen molar-refractivity contribution >= 4 is 29.1 Å². The number of carbonyl (C=O) groups is 3. The lowest BCUT2D eigenvalue weighted by Gasteiger charge is -2.35. The van der Waals surface area contributed by atoms with Crippen molar-refractivity contribution in [2.24, 2.45) is 5.92 Å². The summed E-state index contributed by atoms with van der Waals surface area (Å²) in [6.07, 6.45) is -0.649. The Morgan fingerprint density at radius 1 is 1.12 bits per heavy atom. The number of aryl methyl sites for hydroxylation is 2. The van der Waals surface area contributed by atoms with Crippen LogP contribution in [0.1, 0.15) is 66.0 Å². The van der Waals surface area contributed by atoms with Crippen molar-refractivity contribution in [3.05, 3.63) is 75.9 Å². The predicted molar refractivity (Wildman–Crippen MR) is 155 cm³/mol. The van der Waals surface area contributed by atoms with Crippen LogP contribution in [0.5, 0.6) is 0 Å². The van der Waals surface area contributed by atoms with Gasteiger partial charge in [-0.15, -0.1) is 11.3 Å². The SMILES string of the molecule is Cc1cc(-c2scnc2C)ccc1C(C)NC(=O)C1CC(O)CN1C(=O)C(C(C)C)N1Cc2ccccc2C1=O. The van der Waals surface area contributed by atoms with Crippen LogP contribution >= 0.6 is 11.3 Å². The van der Waals surface area contributed by atoms with Crippen LogP contribution in [0.15, 0.2) is 48.0 Å². The highest BCUT2D eigenvalue weighted by Gasteiger charge is 2.46. The topological polar surface area (TPSA) is 103 Å². The van der Waals surface area contributed by atoms with Gasteiger partial charge in [-0.25, -0.2) is 4.98 Å². The molecule has 4 atom stereocenters. The Morgan fingerprint density at radius 3 is 2.52 bits per heavy atom. The molecule has 2 N–H and O–H groups in total. The fourth-order valence-corrected chi connectivity index (χ4v) is 6.83. The molecule has 0 bridgehead atoms. The van der Waals surface area contributed by atoms with Gasteiger partial charge in [-0.2, -0.15) is 0 Å². The first-order valence-electron chi connectivity index (χ1n) is 13.8. The first-order valence-corrected chi connectivity index (χ1v) is 14.6. The largest absolute Gasteiger partial charge is 0.391 e. The Balaban J connectivity index is 1.32. The summed E-state index contributed by atoms with van der Waals surface area (Å²) in [6.45, 7) is 10.2. The van der Waals surface area contributed by atoms with Gasteiger partial charge in [0.05, 0.1) is 28.2 Å². The molecule has 3 heterocycles. The predicted octanol–water partition coefficient (Wildman–Crippen LogP) is 4.25. The van der Waals surface area contributed by atoms with E-state index < -0.39 is 18.2 Å². The molecule has 1 aromatic heterocycles. The smallest absolute Gasteiger partial charge is 0.255 e. The minimum Gasteiger partial charge on any atom is -0.391 e. The molecular weight excluding hydrogens is 524 g/mol. The second kappa shape index (κ2) is 11.1. The maximum Gasteiger partial charge on any atom is 0.255 e. The van der Waals surface area contributed by atoms with Crippen LogP contribution in [-0.2, 0) is 16.1 Å². The van der Waals surface area contributed by atoms with Crippen molar-refractivity contribution in [2.45, 2.75) is 71.8 Å². The first-order chi connectivity index (χ1) is 19.1. The average Bonchev–Trinajstić information content (AvgIpc) is 3.61. The van der Waals surface area contributed by atoms with Crippen molar-refractivity contribution in [1.29, 1.82) is 0 Å². The molecule has 210 valence electrons. The monoisotopic (exact) mass is 560 g/mol. The lowest BCUT2D eigenvalue weighted by atomic mass is 9.98. The van der Waals surface area contributed by atoms with Crippen LogP contribution in [0.3, 0.4) is 0 Å². The molecule has 3 aromatic rings. The lowest BCUT2D eigenvalue weighted by Crippen LogP contribution is -2.55. The van der Waals surface area contributed by atoms with Crippen molar-refractivity contribution in [2.75, 3.05) is 6.54 Å². The lowest BCUT2D eigenvalue weighted by molar-refractivity contribution is -0.143. The molecule has 0 radical (unpaired) electrons. The summed E-state index contributed by atoms with van der Waals surface area (Å²) in [5.74, 6) is -0.961. The van der Waals surface area contributed by atoms with E-state index in [4.69, 9.17) is 0 Å². The minimum absolute atomic E-state index is 0.0609. The molecule has 4 unspecified atom stereocenters. The molecule has 2 aliphatic heterocycles. The fraction of sp³-hybridized carbons (Fsp3) is 0.419. The highest BCUT2D eigenvalue weighted by atomic mass is 32.1. The van der Waals surface area contributed by atoms with E-state index in [0.29, 0.717) is 12.1 Å². The average molecular weight is 561 g/mol. The number of amides is 3. The molecule has 0 aliphatic carbocycles. The number of aliphatic hydroxyl groups excluding tert-OH is 1. The zero-order valence-electron chi connectivity index (χ0n) is 23.5. The Labute approximate surface area is 239 Å². The van der Waals surface area contributed by atoms with E-state index >= 15 is 0 Å². The molecular formula is C31H36N4O4S. The van der Waals surface area contributed by atoms with Gasteiger partial charge in [-0.1, -0.05) is 50.2 Å². The number of hydrogen-bond donors (Lipinski definition) is 2. The third-order valence-electron chi connectivity index (χ3n) is 8.04. The Hall–Kier alpha value is -3.56. The van der Waals surface area contributed by atoms with Crippen molar-refractivity contribution < 1.29 is 19.5 Å². The number of nitrogens with zero attached hydrogens (tertiary/aromatic N) is 3. The van der Waals surface area contributed by atoms with Crippen LogP contribution in [0.2, 0.25) is 0 Å². The van der Waals surface area contributed by atoms with Crippen molar-refractivity contribution in [3.8, 4) is 10.4 Å². The standard InChI is InChI=1S/C31H36N4O4S/c1-17(2)27(35-14-22-8-6-7-9-25(22)30(35)38)31(39)34-15-23(36)13-26(34)29(37)33-19(4)24-11-10-21(12-18(24)3)28-20(5)32-16-40-28/h6-12,16-17,19,23,26-27,36H,13-15H2,1-5H3,(H,33,37). The van der Waals surface area contributed by atoms with Gasteiger partial charge in [0.15, 0.2) is 0 Å². The molecule has 40 heavy (non-hydrogen) atoms. The number of benzene rings is 2. The van der Waals surface area contributed by atoms with Gasteiger partial charge in [0, 0.05) is 25.1 Å². The van der Waals surface area contributed by atoms with Crippen LogP contribution in [0.4, 0.5) is 0 Å². The highest BCUT2D eigenvalue weighted by molar-refractivity contribution is 7.13. The molecule has 1 fully saturated rings. The summed E-state index contributed by atoms with van der Waals surface area (Å²) in [7, 11) is 0. The number of aromatic nitrogens is 1. The molecule has 0 saturated carbocycles. The molecule has 5 rings (SSSR count). The van der Waals surface area contributed by atoms with E-state index in [2.05, 4.69) is 16.4 Å². The number of aliphatic hydroxyl groups is 1. The molecule has 3 amide bonds. The van der Waals surface area contributed by atoms with Gasteiger partial charge in [0.1, 0.15) is 12.1 Å². The number of nitrogens with one attached hydrogen (secondary N) is 1. The molecule has 0 spiro atoms. The van der Waals surface area contributed by atoms with Gasteiger partial charge < -0.3 is 20.2 Å². The maximum atomic E-state index is 14.0. The van der Waals surface area contributed by atoms with Gasteiger partial charge in [-0.05, 0) is 55.0 Å². The van der Waals surface area contributed by atoms with Gasteiger partial charge in [0.2, 0.25) is 11.8 Å². The number of hydrogen-bond acceptors (Lipinski definition) is 6. The molecule has 2 aromatic carbocycles. The second-order valence-electron chi connectivity index (χ2n) is 11.2. The first kappa shape index (κ1) is 28.0. The summed E-state index contributed by atoms with van der Waals surface area (Å²) in [5, 5.41) is 13.6. The van der Waals surface area contributed by atoms with E-state index in [1.165, 1.54) is 4.90 Å². The summed E-state index contributed by atoms with van der Waals surface area (Å²) in [5.41, 5.74) is 7.44. The number of fused-ring (bicyclic) bond motifs is 1. The summed E-state index contributed by atoms with van der Waals surface area (Å²) >= 11 is 1.60. The van der Waals surface area contributed by atoms with E-state index in [1.807, 2.05) is 70.5 Å². The molecule has 2 aliphatic rings.